The van der Waals surface area contributed by atoms with Crippen LogP contribution in [-0.2, 0) is 0 Å². The molecular formula is C12H14O3. The highest BCUT2D eigenvalue weighted by atomic mass is 16.5. The summed E-state index contributed by atoms with van der Waals surface area (Å²) >= 11 is 0. The van der Waals surface area contributed by atoms with Gasteiger partial charge in [-0.25, -0.2) is 4.79 Å². The van der Waals surface area contributed by atoms with Crippen molar-refractivity contribution in [3.05, 3.63) is 29.3 Å². The van der Waals surface area contributed by atoms with Crippen molar-refractivity contribution in [2.24, 2.45) is 0 Å². The molecule has 15 heavy (non-hydrogen) atoms. The van der Waals surface area contributed by atoms with Crippen molar-refractivity contribution in [3.63, 3.8) is 0 Å². The third-order valence-electron chi connectivity index (χ3n) is 2.65. The van der Waals surface area contributed by atoms with Gasteiger partial charge in [-0.15, -0.1) is 0 Å². The minimum atomic E-state index is -0.905. The summed E-state index contributed by atoms with van der Waals surface area (Å²) in [6.45, 7) is 1.88. The number of aryl methyl sites for hydroxylation is 1. The second kappa shape index (κ2) is 3.93. The molecule has 1 aromatic rings. The van der Waals surface area contributed by atoms with E-state index in [1.165, 1.54) is 6.42 Å². The zero-order chi connectivity index (χ0) is 10.8. The number of carboxylic acids is 1. The Labute approximate surface area is 88.7 Å². The molecule has 1 aliphatic carbocycles. The van der Waals surface area contributed by atoms with E-state index in [1.807, 2.05) is 13.0 Å². The first-order valence-corrected chi connectivity index (χ1v) is 5.17. The van der Waals surface area contributed by atoms with Crippen LogP contribution in [0.1, 0.15) is 35.2 Å². The largest absolute Gasteiger partial charge is 0.490 e. The Kier molecular flexibility index (Phi) is 2.62. The van der Waals surface area contributed by atoms with Gasteiger partial charge in [0, 0.05) is 0 Å². The van der Waals surface area contributed by atoms with Gasteiger partial charge in [-0.1, -0.05) is 0 Å². The molecule has 0 radical (unpaired) electrons. The van der Waals surface area contributed by atoms with E-state index >= 15 is 0 Å². The Hall–Kier alpha value is -1.51. The molecule has 0 aromatic heterocycles. The van der Waals surface area contributed by atoms with Gasteiger partial charge in [-0.05, 0) is 49.9 Å². The predicted molar refractivity (Wildman–Crippen MR) is 56.4 cm³/mol. The van der Waals surface area contributed by atoms with E-state index in [0.717, 1.165) is 18.4 Å². The van der Waals surface area contributed by atoms with Crippen LogP contribution in [0.15, 0.2) is 18.2 Å². The quantitative estimate of drug-likeness (QED) is 0.826. The standard InChI is InChI=1S/C12H14O3/c1-8-5-9(12(13)14)7-11(6-8)15-10-3-2-4-10/h5-7,10H,2-4H2,1H3,(H,13,14). The van der Waals surface area contributed by atoms with Crippen molar-refractivity contribution in [2.45, 2.75) is 32.3 Å². The van der Waals surface area contributed by atoms with Gasteiger partial charge in [0.2, 0.25) is 0 Å². The van der Waals surface area contributed by atoms with Crippen LogP contribution >= 0.6 is 0 Å². The number of hydrogen-bond donors (Lipinski definition) is 1. The number of carboxylic acid groups (broad SMARTS) is 1. The molecule has 1 N–H and O–H groups in total. The van der Waals surface area contributed by atoms with Crippen LogP contribution in [0.3, 0.4) is 0 Å². The van der Waals surface area contributed by atoms with Crippen molar-refractivity contribution in [3.8, 4) is 5.75 Å². The molecule has 3 nitrogen and oxygen atoms in total. The molecule has 0 spiro atoms. The molecule has 2 rings (SSSR count). The molecule has 0 unspecified atom stereocenters. The molecule has 0 bridgehead atoms. The molecule has 3 heteroatoms. The van der Waals surface area contributed by atoms with Crippen molar-refractivity contribution in [2.75, 3.05) is 0 Å². The van der Waals surface area contributed by atoms with E-state index < -0.39 is 5.97 Å². The van der Waals surface area contributed by atoms with Gasteiger partial charge in [0.1, 0.15) is 5.75 Å². The van der Waals surface area contributed by atoms with Crippen LogP contribution in [0.2, 0.25) is 0 Å². The summed E-state index contributed by atoms with van der Waals surface area (Å²) in [4.78, 5) is 10.8. The van der Waals surface area contributed by atoms with Crippen LogP contribution in [0.25, 0.3) is 0 Å². The maximum Gasteiger partial charge on any atom is 0.335 e. The third-order valence-corrected chi connectivity index (χ3v) is 2.65. The van der Waals surface area contributed by atoms with Gasteiger partial charge in [-0.3, -0.25) is 0 Å². The van der Waals surface area contributed by atoms with Gasteiger partial charge >= 0.3 is 5.97 Å². The number of aromatic carboxylic acids is 1. The van der Waals surface area contributed by atoms with Gasteiger partial charge in [0.25, 0.3) is 0 Å². The molecular weight excluding hydrogens is 192 g/mol. The highest BCUT2D eigenvalue weighted by Crippen LogP contribution is 2.26. The Morgan fingerprint density at radius 2 is 2.13 bits per heavy atom. The van der Waals surface area contributed by atoms with Crippen LogP contribution in [0, 0.1) is 6.92 Å². The van der Waals surface area contributed by atoms with E-state index in [9.17, 15) is 4.79 Å². The van der Waals surface area contributed by atoms with E-state index in [0.29, 0.717) is 11.3 Å². The fraction of sp³-hybridized carbons (Fsp3) is 0.417. The van der Waals surface area contributed by atoms with Crippen molar-refractivity contribution >= 4 is 5.97 Å². The molecule has 0 atom stereocenters. The van der Waals surface area contributed by atoms with Gasteiger partial charge in [0.15, 0.2) is 0 Å². The van der Waals surface area contributed by atoms with Gasteiger partial charge in [-0.2, -0.15) is 0 Å². The number of benzene rings is 1. The lowest BCUT2D eigenvalue weighted by Gasteiger charge is -2.26. The van der Waals surface area contributed by atoms with Crippen molar-refractivity contribution in [1.29, 1.82) is 0 Å². The number of carbonyl (C=O) groups is 1. The lowest BCUT2D eigenvalue weighted by Crippen LogP contribution is -2.24. The second-order valence-electron chi connectivity index (χ2n) is 4.01. The summed E-state index contributed by atoms with van der Waals surface area (Å²) < 4.78 is 5.66. The average Bonchev–Trinajstić information content (AvgIpc) is 2.10. The third kappa shape index (κ3) is 2.29. The molecule has 0 aliphatic heterocycles. The summed E-state index contributed by atoms with van der Waals surface area (Å²) in [7, 11) is 0. The average molecular weight is 206 g/mol. The first-order valence-electron chi connectivity index (χ1n) is 5.17. The maximum atomic E-state index is 10.8. The molecule has 80 valence electrons. The SMILES string of the molecule is Cc1cc(OC2CCC2)cc(C(=O)O)c1. The van der Waals surface area contributed by atoms with E-state index in [4.69, 9.17) is 9.84 Å². The van der Waals surface area contributed by atoms with Crippen LogP contribution in [0.5, 0.6) is 5.75 Å². The van der Waals surface area contributed by atoms with Gasteiger partial charge in [0.05, 0.1) is 11.7 Å². The number of hydrogen-bond acceptors (Lipinski definition) is 2. The number of ether oxygens (including phenoxy) is 1. The molecule has 0 saturated heterocycles. The topological polar surface area (TPSA) is 46.5 Å². The Bertz CT molecular complexity index is 380. The Morgan fingerprint density at radius 3 is 2.67 bits per heavy atom. The molecule has 1 fully saturated rings. The van der Waals surface area contributed by atoms with Crippen LogP contribution in [-0.4, -0.2) is 17.2 Å². The minimum Gasteiger partial charge on any atom is -0.490 e. The predicted octanol–water partition coefficient (Wildman–Crippen LogP) is 2.62. The molecule has 1 saturated carbocycles. The highest BCUT2D eigenvalue weighted by molar-refractivity contribution is 5.88. The maximum absolute atomic E-state index is 10.8. The summed E-state index contributed by atoms with van der Waals surface area (Å²) in [5.41, 5.74) is 1.22. The summed E-state index contributed by atoms with van der Waals surface area (Å²) in [5, 5.41) is 8.88. The van der Waals surface area contributed by atoms with Crippen molar-refractivity contribution in [1.82, 2.24) is 0 Å². The fourth-order valence-electron chi connectivity index (χ4n) is 1.62. The van der Waals surface area contributed by atoms with E-state index in [1.54, 1.807) is 12.1 Å². The summed E-state index contributed by atoms with van der Waals surface area (Å²) in [5.74, 6) is -0.228. The molecule has 1 aromatic carbocycles. The second-order valence-corrected chi connectivity index (χ2v) is 4.01. The normalized spacial score (nSPS) is 15.8. The smallest absolute Gasteiger partial charge is 0.335 e. The summed E-state index contributed by atoms with van der Waals surface area (Å²) in [6.07, 6.45) is 3.66. The first-order chi connectivity index (χ1) is 7.15. The Balaban J connectivity index is 2.18. The zero-order valence-electron chi connectivity index (χ0n) is 8.69. The highest BCUT2D eigenvalue weighted by Gasteiger charge is 2.19. The Morgan fingerprint density at radius 1 is 1.40 bits per heavy atom. The monoisotopic (exact) mass is 206 g/mol. The van der Waals surface area contributed by atoms with Gasteiger partial charge < -0.3 is 9.84 Å². The molecule has 0 amide bonds. The number of rotatable bonds is 3. The lowest BCUT2D eigenvalue weighted by atomic mass is 9.96. The molecule has 1 aliphatic rings. The van der Waals surface area contributed by atoms with E-state index in [-0.39, 0.29) is 6.10 Å². The van der Waals surface area contributed by atoms with Crippen molar-refractivity contribution < 1.29 is 14.6 Å². The lowest BCUT2D eigenvalue weighted by molar-refractivity contribution is 0.0694. The van der Waals surface area contributed by atoms with Crippen LogP contribution in [0.4, 0.5) is 0 Å². The minimum absolute atomic E-state index is 0.286. The first kappa shape index (κ1) is 10.0. The summed E-state index contributed by atoms with van der Waals surface area (Å²) in [6, 6.07) is 5.12. The van der Waals surface area contributed by atoms with Crippen LogP contribution < -0.4 is 4.74 Å². The zero-order valence-corrected chi connectivity index (χ0v) is 8.69. The molecule has 0 heterocycles. The fourth-order valence-corrected chi connectivity index (χ4v) is 1.62. The van der Waals surface area contributed by atoms with E-state index in [2.05, 4.69) is 0 Å².